The van der Waals surface area contributed by atoms with Crippen LogP contribution in [0.15, 0.2) is 54.9 Å². The summed E-state index contributed by atoms with van der Waals surface area (Å²) in [4.78, 5) is 38.6. The summed E-state index contributed by atoms with van der Waals surface area (Å²) in [5, 5.41) is 0. The van der Waals surface area contributed by atoms with Crippen molar-refractivity contribution < 1.29 is 23.5 Å². The van der Waals surface area contributed by atoms with E-state index in [1.165, 1.54) is 17.4 Å². The fourth-order valence-electron chi connectivity index (χ4n) is 4.67. The van der Waals surface area contributed by atoms with Crippen LogP contribution in [0.5, 0.6) is 11.5 Å². The number of aromatic nitrogens is 2. The van der Waals surface area contributed by atoms with Gasteiger partial charge in [0, 0.05) is 44.6 Å². The second kappa shape index (κ2) is 11.6. The van der Waals surface area contributed by atoms with Crippen LogP contribution in [0.3, 0.4) is 0 Å². The van der Waals surface area contributed by atoms with Crippen LogP contribution in [0.1, 0.15) is 42.6 Å². The van der Waals surface area contributed by atoms with Crippen LogP contribution in [-0.4, -0.2) is 64.1 Å². The molecule has 1 fully saturated rings. The first-order valence-electron chi connectivity index (χ1n) is 13.2. The Balaban J connectivity index is 1.26. The van der Waals surface area contributed by atoms with E-state index >= 15 is 0 Å². The molecule has 0 saturated carbocycles. The first-order chi connectivity index (χ1) is 19.2. The molecule has 1 aliphatic rings. The summed E-state index contributed by atoms with van der Waals surface area (Å²) in [6.45, 7) is 6.58. The molecule has 40 heavy (non-hydrogen) atoms. The predicted molar refractivity (Wildman–Crippen MR) is 152 cm³/mol. The first kappa shape index (κ1) is 27.5. The average molecular weight is 563 g/mol. The van der Waals surface area contributed by atoms with Gasteiger partial charge in [0.15, 0.2) is 11.6 Å². The summed E-state index contributed by atoms with van der Waals surface area (Å²) in [5.74, 6) is 0.162. The molecule has 3 aromatic heterocycles. The second-order valence-electron chi connectivity index (χ2n) is 10.2. The largest absolute Gasteiger partial charge is 0.453 e. The van der Waals surface area contributed by atoms with Crippen molar-refractivity contribution in [1.82, 2.24) is 19.8 Å². The summed E-state index contributed by atoms with van der Waals surface area (Å²) >= 11 is 1.45. The van der Waals surface area contributed by atoms with Crippen molar-refractivity contribution in [3.05, 3.63) is 71.8 Å². The van der Waals surface area contributed by atoms with E-state index in [0.29, 0.717) is 42.9 Å². The number of likely N-dealkylation sites (tertiary alicyclic amines) is 1. The fraction of sp³-hybridized carbons (Fsp3) is 0.333. The van der Waals surface area contributed by atoms with Gasteiger partial charge < -0.3 is 19.3 Å². The Kier molecular flexibility index (Phi) is 7.97. The van der Waals surface area contributed by atoms with Gasteiger partial charge in [-0.25, -0.2) is 9.18 Å². The van der Waals surface area contributed by atoms with Crippen LogP contribution in [0, 0.1) is 12.7 Å². The zero-order valence-corrected chi connectivity index (χ0v) is 23.7. The topological polar surface area (TPSA) is 84.9 Å². The van der Waals surface area contributed by atoms with Gasteiger partial charge in [0.05, 0.1) is 32.5 Å². The molecule has 10 heteroatoms. The molecular weight excluding hydrogens is 531 g/mol. The van der Waals surface area contributed by atoms with Crippen LogP contribution in [0.4, 0.5) is 9.18 Å². The number of aryl methyl sites for hydroxylation is 1. The van der Waals surface area contributed by atoms with E-state index < -0.39 is 5.82 Å². The average Bonchev–Trinajstić information content (AvgIpc) is 3.39. The number of piperidine rings is 1. The standard InChI is InChI=1S/C30H31FN4O4S/c1-18(2)38-30(37)34(4)21-10-13-35(14-11-21)29(36)20-6-7-23(33-17-20)27-16-24-28(40-27)26(9-12-32-24)39-25-8-5-19(3)15-22(25)31/h5-9,12,15-18,21H,10-11,13-14H2,1-4H3. The second-order valence-corrected chi connectivity index (χ2v) is 11.2. The Labute approximate surface area is 236 Å². The lowest BCUT2D eigenvalue weighted by Gasteiger charge is -2.36. The third-order valence-electron chi connectivity index (χ3n) is 6.87. The van der Waals surface area contributed by atoms with Crippen molar-refractivity contribution in [3.63, 3.8) is 0 Å². The molecular formula is C30H31FN4O4S. The third kappa shape index (κ3) is 5.91. The molecule has 8 nitrogen and oxygen atoms in total. The molecule has 0 spiro atoms. The maximum absolute atomic E-state index is 14.4. The number of halogens is 1. The van der Waals surface area contributed by atoms with E-state index in [4.69, 9.17) is 9.47 Å². The van der Waals surface area contributed by atoms with E-state index in [1.807, 2.05) is 32.9 Å². The summed E-state index contributed by atoms with van der Waals surface area (Å²) < 4.78 is 26.3. The van der Waals surface area contributed by atoms with Gasteiger partial charge in [-0.15, -0.1) is 11.3 Å². The molecule has 0 bridgehead atoms. The highest BCUT2D eigenvalue weighted by atomic mass is 32.1. The molecule has 5 rings (SSSR count). The number of pyridine rings is 2. The number of benzene rings is 1. The molecule has 1 saturated heterocycles. The third-order valence-corrected chi connectivity index (χ3v) is 8.03. The zero-order chi connectivity index (χ0) is 28.4. The molecule has 0 aliphatic carbocycles. The normalized spacial score (nSPS) is 14.0. The lowest BCUT2D eigenvalue weighted by molar-refractivity contribution is 0.0516. The van der Waals surface area contributed by atoms with Gasteiger partial charge in [-0.05, 0) is 69.5 Å². The van der Waals surface area contributed by atoms with Crippen LogP contribution >= 0.6 is 11.3 Å². The SMILES string of the molecule is Cc1ccc(Oc2ccnc3cc(-c4ccc(C(=O)N5CCC(N(C)C(=O)OC(C)C)CC5)cn4)sc23)c(F)c1. The van der Waals surface area contributed by atoms with Gasteiger partial charge in [0.2, 0.25) is 0 Å². The van der Waals surface area contributed by atoms with Crippen LogP contribution in [0.2, 0.25) is 0 Å². The number of ether oxygens (including phenoxy) is 2. The Hall–Kier alpha value is -4.05. The lowest BCUT2D eigenvalue weighted by atomic mass is 10.0. The van der Waals surface area contributed by atoms with Gasteiger partial charge in [0.25, 0.3) is 5.91 Å². The summed E-state index contributed by atoms with van der Waals surface area (Å²) in [6.07, 6.45) is 4.09. The zero-order valence-electron chi connectivity index (χ0n) is 22.9. The van der Waals surface area contributed by atoms with E-state index in [0.717, 1.165) is 20.7 Å². The van der Waals surface area contributed by atoms with Crippen molar-refractivity contribution in [1.29, 1.82) is 0 Å². The van der Waals surface area contributed by atoms with Crippen LogP contribution < -0.4 is 4.74 Å². The number of hydrogen-bond acceptors (Lipinski definition) is 7. The Morgan fingerprint density at radius 1 is 1.07 bits per heavy atom. The van der Waals surface area contributed by atoms with E-state index in [9.17, 15) is 14.0 Å². The number of carbonyl (C=O) groups is 2. The number of carbonyl (C=O) groups excluding carboxylic acids is 2. The lowest BCUT2D eigenvalue weighted by Crippen LogP contribution is -2.47. The molecule has 0 radical (unpaired) electrons. The fourth-order valence-corrected chi connectivity index (χ4v) is 5.71. The van der Waals surface area contributed by atoms with E-state index in [1.54, 1.807) is 53.5 Å². The minimum Gasteiger partial charge on any atom is -0.453 e. The van der Waals surface area contributed by atoms with Crippen LogP contribution in [-0.2, 0) is 4.74 Å². The Bertz CT molecular complexity index is 1530. The van der Waals surface area contributed by atoms with E-state index in [2.05, 4.69) is 9.97 Å². The summed E-state index contributed by atoms with van der Waals surface area (Å²) in [5.41, 5.74) is 2.75. The number of nitrogens with zero attached hydrogens (tertiary/aromatic N) is 4. The Morgan fingerprint density at radius 3 is 2.52 bits per heavy atom. The van der Waals surface area contributed by atoms with Crippen molar-refractivity contribution >= 4 is 33.6 Å². The molecule has 1 aromatic carbocycles. The molecule has 0 atom stereocenters. The highest BCUT2D eigenvalue weighted by molar-refractivity contribution is 7.22. The number of thiophene rings is 1. The summed E-state index contributed by atoms with van der Waals surface area (Å²) in [6, 6.07) is 12.1. The Morgan fingerprint density at radius 2 is 1.85 bits per heavy atom. The number of rotatable bonds is 6. The van der Waals surface area contributed by atoms with Gasteiger partial charge >= 0.3 is 6.09 Å². The summed E-state index contributed by atoms with van der Waals surface area (Å²) in [7, 11) is 1.74. The highest BCUT2D eigenvalue weighted by Crippen LogP contribution is 2.39. The van der Waals surface area contributed by atoms with Crippen molar-refractivity contribution in [2.45, 2.75) is 45.8 Å². The minimum atomic E-state index is -0.423. The molecule has 0 N–H and O–H groups in total. The van der Waals surface area contributed by atoms with Gasteiger partial charge in [-0.2, -0.15) is 0 Å². The smallest absolute Gasteiger partial charge is 0.410 e. The number of fused-ring (bicyclic) bond motifs is 1. The molecule has 0 unspecified atom stereocenters. The molecule has 4 heterocycles. The monoisotopic (exact) mass is 562 g/mol. The predicted octanol–water partition coefficient (Wildman–Crippen LogP) is 6.68. The number of hydrogen-bond donors (Lipinski definition) is 0. The van der Waals surface area contributed by atoms with Crippen molar-refractivity contribution in [2.24, 2.45) is 0 Å². The maximum atomic E-state index is 14.4. The molecule has 4 aromatic rings. The quantitative estimate of drug-likeness (QED) is 0.261. The van der Waals surface area contributed by atoms with Gasteiger partial charge in [0.1, 0.15) is 5.75 Å². The molecule has 208 valence electrons. The maximum Gasteiger partial charge on any atom is 0.410 e. The van der Waals surface area contributed by atoms with Crippen LogP contribution in [0.25, 0.3) is 20.8 Å². The van der Waals surface area contributed by atoms with Crippen molar-refractivity contribution in [2.75, 3.05) is 20.1 Å². The highest BCUT2D eigenvalue weighted by Gasteiger charge is 2.29. The van der Waals surface area contributed by atoms with E-state index in [-0.39, 0.29) is 29.9 Å². The van der Waals surface area contributed by atoms with Gasteiger partial charge in [-0.3, -0.25) is 14.8 Å². The minimum absolute atomic E-state index is 0.0359. The molecule has 2 amide bonds. The number of amides is 2. The first-order valence-corrected chi connectivity index (χ1v) is 14.0. The van der Waals surface area contributed by atoms with Gasteiger partial charge in [-0.1, -0.05) is 6.07 Å². The molecule has 1 aliphatic heterocycles. The van der Waals surface area contributed by atoms with Crippen molar-refractivity contribution in [3.8, 4) is 22.1 Å².